The third-order valence-corrected chi connectivity index (χ3v) is 11.1. The number of rotatable bonds is 5. The monoisotopic (exact) mass is 468 g/mol. The number of piperazine rings is 1. The van der Waals surface area contributed by atoms with Gasteiger partial charge in [0, 0.05) is 31.9 Å². The van der Waals surface area contributed by atoms with E-state index in [0.717, 1.165) is 37.3 Å². The maximum atomic E-state index is 2.55. The highest BCUT2D eigenvalue weighted by atomic mass is 15.2. The number of benzene rings is 2. The lowest BCUT2D eigenvalue weighted by atomic mass is 9.40. The first-order chi connectivity index (χ1) is 17.1. The topological polar surface area (TPSA) is 6.48 Å². The Kier molecular flexibility index (Phi) is 5.54. The van der Waals surface area contributed by atoms with Gasteiger partial charge >= 0.3 is 0 Å². The van der Waals surface area contributed by atoms with E-state index in [1.165, 1.54) is 74.8 Å². The van der Waals surface area contributed by atoms with Crippen molar-refractivity contribution in [2.45, 2.75) is 76.0 Å². The van der Waals surface area contributed by atoms with E-state index in [9.17, 15) is 0 Å². The van der Waals surface area contributed by atoms with E-state index < -0.39 is 0 Å². The first kappa shape index (κ1) is 22.4. The molecule has 5 saturated carbocycles. The number of nitrogens with zero attached hydrogens (tertiary/aromatic N) is 2. The molecule has 4 bridgehead atoms. The van der Waals surface area contributed by atoms with Crippen molar-refractivity contribution in [1.82, 2.24) is 4.90 Å². The van der Waals surface area contributed by atoms with E-state index in [1.807, 2.05) is 0 Å². The Morgan fingerprint density at radius 3 is 1.97 bits per heavy atom. The zero-order valence-electron chi connectivity index (χ0n) is 21.9. The van der Waals surface area contributed by atoms with Crippen molar-refractivity contribution in [3.05, 3.63) is 65.2 Å². The standard InChI is InChI=1S/C33H44N2/c1-34-14-16-35(17-15-34)31-12-8-26(9-13-31)18-25-6-10-30(11-7-25)33-22-27-19-28(23-33)21-32(20-27,24-33)29-4-2-3-5-29/h6-13,27-29H,2-5,14-24H2,1H3. The number of anilines is 1. The van der Waals surface area contributed by atoms with Gasteiger partial charge in [0.2, 0.25) is 0 Å². The van der Waals surface area contributed by atoms with Crippen LogP contribution in [0.1, 0.15) is 80.9 Å². The van der Waals surface area contributed by atoms with Gasteiger partial charge in [0.05, 0.1) is 0 Å². The van der Waals surface area contributed by atoms with Crippen LogP contribution in [0.15, 0.2) is 48.5 Å². The summed E-state index contributed by atoms with van der Waals surface area (Å²) < 4.78 is 0. The molecule has 2 heteroatoms. The maximum Gasteiger partial charge on any atom is 0.0367 e. The Bertz CT molecular complexity index is 1010. The van der Waals surface area contributed by atoms with Gasteiger partial charge in [-0.2, -0.15) is 0 Å². The molecule has 6 aliphatic rings. The summed E-state index contributed by atoms with van der Waals surface area (Å²) in [5.41, 5.74) is 7.17. The van der Waals surface area contributed by atoms with Crippen molar-refractivity contribution in [2.75, 3.05) is 38.1 Å². The van der Waals surface area contributed by atoms with Crippen LogP contribution in [-0.4, -0.2) is 38.1 Å². The van der Waals surface area contributed by atoms with Crippen LogP contribution in [0.5, 0.6) is 0 Å². The van der Waals surface area contributed by atoms with E-state index in [-0.39, 0.29) is 0 Å². The van der Waals surface area contributed by atoms with Crippen LogP contribution in [0.25, 0.3) is 0 Å². The van der Waals surface area contributed by atoms with Crippen molar-refractivity contribution >= 4 is 5.69 Å². The second kappa shape index (κ2) is 8.65. The lowest BCUT2D eigenvalue weighted by Gasteiger charge is -2.64. The van der Waals surface area contributed by atoms with Gasteiger partial charge in [0.1, 0.15) is 0 Å². The van der Waals surface area contributed by atoms with E-state index in [2.05, 4.69) is 65.4 Å². The Morgan fingerprint density at radius 2 is 1.34 bits per heavy atom. The molecular weight excluding hydrogens is 424 g/mol. The lowest BCUT2D eigenvalue weighted by Crippen LogP contribution is -2.56. The molecule has 2 atom stereocenters. The minimum absolute atomic E-state index is 0.495. The molecule has 5 aliphatic carbocycles. The quantitative estimate of drug-likeness (QED) is 0.463. The molecule has 0 N–H and O–H groups in total. The molecule has 0 spiro atoms. The highest BCUT2D eigenvalue weighted by Gasteiger charge is 2.60. The molecule has 1 aliphatic heterocycles. The highest BCUT2D eigenvalue weighted by Crippen LogP contribution is 2.69. The van der Waals surface area contributed by atoms with Gasteiger partial charge in [0.25, 0.3) is 0 Å². The molecule has 6 fully saturated rings. The molecule has 2 aromatic rings. The van der Waals surface area contributed by atoms with Gasteiger partial charge in [-0.05, 0) is 122 Å². The smallest absolute Gasteiger partial charge is 0.0367 e. The second-order valence-electron chi connectivity index (χ2n) is 13.4. The Morgan fingerprint density at radius 1 is 0.743 bits per heavy atom. The van der Waals surface area contributed by atoms with Gasteiger partial charge in [-0.3, -0.25) is 0 Å². The largest absolute Gasteiger partial charge is 0.369 e. The molecule has 186 valence electrons. The van der Waals surface area contributed by atoms with Gasteiger partial charge in [0.15, 0.2) is 0 Å². The average molecular weight is 469 g/mol. The molecule has 1 saturated heterocycles. The zero-order valence-corrected chi connectivity index (χ0v) is 21.9. The summed E-state index contributed by atoms with van der Waals surface area (Å²) in [5, 5.41) is 0. The third-order valence-electron chi connectivity index (χ3n) is 11.1. The first-order valence-corrected chi connectivity index (χ1v) is 14.7. The van der Waals surface area contributed by atoms with Gasteiger partial charge in [-0.25, -0.2) is 0 Å². The van der Waals surface area contributed by atoms with E-state index in [4.69, 9.17) is 0 Å². The molecule has 0 amide bonds. The second-order valence-corrected chi connectivity index (χ2v) is 13.4. The zero-order chi connectivity index (χ0) is 23.5. The van der Waals surface area contributed by atoms with E-state index in [1.54, 1.807) is 24.8 Å². The van der Waals surface area contributed by atoms with Gasteiger partial charge < -0.3 is 9.80 Å². The third kappa shape index (κ3) is 4.05. The number of hydrogen-bond acceptors (Lipinski definition) is 2. The molecule has 2 nitrogen and oxygen atoms in total. The molecule has 2 unspecified atom stereocenters. The summed E-state index contributed by atoms with van der Waals surface area (Å²) in [6, 6.07) is 19.4. The fourth-order valence-electron chi connectivity index (χ4n) is 9.79. The predicted octanol–water partition coefficient (Wildman–Crippen LogP) is 7.06. The molecule has 0 aromatic heterocycles. The Hall–Kier alpha value is -1.80. The van der Waals surface area contributed by atoms with Crippen LogP contribution in [0.3, 0.4) is 0 Å². The van der Waals surface area contributed by atoms with Crippen molar-refractivity contribution in [3.63, 3.8) is 0 Å². The van der Waals surface area contributed by atoms with E-state index in [0.29, 0.717) is 10.8 Å². The van der Waals surface area contributed by atoms with E-state index >= 15 is 0 Å². The lowest BCUT2D eigenvalue weighted by molar-refractivity contribution is -0.102. The minimum Gasteiger partial charge on any atom is -0.369 e. The van der Waals surface area contributed by atoms with Crippen LogP contribution in [-0.2, 0) is 11.8 Å². The molecular formula is C33H44N2. The Labute approximate surface area is 213 Å². The summed E-state index contributed by atoms with van der Waals surface area (Å²) in [5.74, 6) is 3.06. The van der Waals surface area contributed by atoms with Crippen LogP contribution in [0, 0.1) is 23.2 Å². The van der Waals surface area contributed by atoms with Crippen LogP contribution in [0.4, 0.5) is 5.69 Å². The molecule has 1 heterocycles. The molecule has 0 radical (unpaired) electrons. The number of hydrogen-bond donors (Lipinski definition) is 0. The maximum absolute atomic E-state index is 2.55. The minimum atomic E-state index is 0.495. The van der Waals surface area contributed by atoms with Crippen molar-refractivity contribution in [1.29, 1.82) is 0 Å². The fraction of sp³-hybridized carbons (Fsp3) is 0.636. The molecule has 8 rings (SSSR count). The normalized spacial score (nSPS) is 35.2. The predicted molar refractivity (Wildman–Crippen MR) is 146 cm³/mol. The molecule has 35 heavy (non-hydrogen) atoms. The molecule has 2 aromatic carbocycles. The highest BCUT2D eigenvalue weighted by molar-refractivity contribution is 5.49. The van der Waals surface area contributed by atoms with Crippen LogP contribution in [0.2, 0.25) is 0 Å². The fourth-order valence-corrected chi connectivity index (χ4v) is 9.79. The summed E-state index contributed by atoms with van der Waals surface area (Å²) in [4.78, 5) is 4.95. The number of likely N-dealkylation sites (N-methyl/N-ethyl adjacent to an activating group) is 1. The summed E-state index contributed by atoms with van der Waals surface area (Å²) in [6.45, 7) is 4.61. The summed E-state index contributed by atoms with van der Waals surface area (Å²) in [6.07, 6.45) is 16.2. The summed E-state index contributed by atoms with van der Waals surface area (Å²) in [7, 11) is 2.22. The van der Waals surface area contributed by atoms with Crippen LogP contribution < -0.4 is 4.90 Å². The van der Waals surface area contributed by atoms with Gasteiger partial charge in [-0.15, -0.1) is 0 Å². The summed E-state index contributed by atoms with van der Waals surface area (Å²) >= 11 is 0. The SMILES string of the molecule is CN1CCN(c2ccc(Cc3ccc(C45CC6CC(C4)CC(C4CCCC4)(C6)C5)cc3)cc2)CC1. The average Bonchev–Trinajstić information content (AvgIpc) is 3.41. The van der Waals surface area contributed by atoms with Crippen molar-refractivity contribution in [2.24, 2.45) is 23.2 Å². The van der Waals surface area contributed by atoms with Crippen LogP contribution >= 0.6 is 0 Å². The van der Waals surface area contributed by atoms with Gasteiger partial charge in [-0.1, -0.05) is 49.2 Å². The van der Waals surface area contributed by atoms with Crippen molar-refractivity contribution < 1.29 is 0 Å². The first-order valence-electron chi connectivity index (χ1n) is 14.7. The van der Waals surface area contributed by atoms with Crippen molar-refractivity contribution in [3.8, 4) is 0 Å². The Balaban J connectivity index is 1.06.